The molecule has 0 saturated carbocycles. The highest BCUT2D eigenvalue weighted by atomic mass is 79.9. The fraction of sp³-hybridized carbons (Fsp3) is 0.0714. The molecule has 114 valence electrons. The summed E-state index contributed by atoms with van der Waals surface area (Å²) in [5, 5.41) is 12.2. The van der Waals surface area contributed by atoms with Crippen molar-refractivity contribution in [3.05, 3.63) is 44.9 Å². The van der Waals surface area contributed by atoms with Crippen molar-refractivity contribution < 1.29 is 14.7 Å². The third kappa shape index (κ3) is 3.29. The lowest BCUT2D eigenvalue weighted by Gasteiger charge is -2.27. The molecule has 2 amide bonds. The molecule has 1 aromatic carbocycles. The Hall–Kier alpha value is -1.51. The number of carbonyl (C=O) groups is 2. The Balaban J connectivity index is 2.45. The fourth-order valence-electron chi connectivity index (χ4n) is 1.82. The van der Waals surface area contributed by atoms with Crippen LogP contribution in [0.15, 0.2) is 39.3 Å². The average Bonchev–Trinajstić information content (AvgIpc) is 2.45. The molecule has 0 bridgehead atoms. The zero-order valence-corrected chi connectivity index (χ0v) is 15.1. The number of hydrogen-bond donors (Lipinski definition) is 2. The first kappa shape index (κ1) is 16.9. The van der Waals surface area contributed by atoms with Crippen LogP contribution in [0.25, 0.3) is 6.08 Å². The Labute approximate surface area is 148 Å². The number of thiocarbonyl (C=S) groups is 1. The maximum atomic E-state index is 12.4. The molecule has 0 spiro atoms. The van der Waals surface area contributed by atoms with Crippen LogP contribution in [0.5, 0.6) is 5.75 Å². The summed E-state index contributed by atoms with van der Waals surface area (Å²) in [7, 11) is 0. The van der Waals surface area contributed by atoms with Gasteiger partial charge in [-0.25, -0.2) is 0 Å². The summed E-state index contributed by atoms with van der Waals surface area (Å²) >= 11 is 11.4. The normalized spacial score (nSPS) is 16.9. The van der Waals surface area contributed by atoms with Gasteiger partial charge in [0.1, 0.15) is 11.3 Å². The number of rotatable bonds is 3. The molecule has 0 unspecified atom stereocenters. The SMILES string of the molecule is C=CCN1C(=O)/C(=C/c2cc(Br)c(O)c(Br)c2)C(=O)NC1=S. The molecule has 1 fully saturated rings. The number of hydrogen-bond acceptors (Lipinski definition) is 4. The smallest absolute Gasteiger partial charge is 0.265 e. The highest BCUT2D eigenvalue weighted by Gasteiger charge is 2.32. The van der Waals surface area contributed by atoms with E-state index in [0.29, 0.717) is 14.5 Å². The maximum Gasteiger partial charge on any atom is 0.265 e. The van der Waals surface area contributed by atoms with Gasteiger partial charge in [-0.2, -0.15) is 0 Å². The monoisotopic (exact) mass is 444 g/mol. The van der Waals surface area contributed by atoms with E-state index >= 15 is 0 Å². The van der Waals surface area contributed by atoms with Crippen LogP contribution in [0.2, 0.25) is 0 Å². The van der Waals surface area contributed by atoms with E-state index in [1.807, 2.05) is 0 Å². The summed E-state index contributed by atoms with van der Waals surface area (Å²) in [6.45, 7) is 3.77. The summed E-state index contributed by atoms with van der Waals surface area (Å²) in [6.07, 6.45) is 2.96. The second-order valence-corrected chi connectivity index (χ2v) is 6.45. The topological polar surface area (TPSA) is 69.6 Å². The number of phenolic OH excluding ortho intramolecular Hbond substituents is 1. The average molecular weight is 446 g/mol. The Bertz CT molecular complexity index is 708. The van der Waals surface area contributed by atoms with Gasteiger partial charge in [0.2, 0.25) is 0 Å². The molecule has 2 rings (SSSR count). The van der Waals surface area contributed by atoms with Crippen molar-refractivity contribution in [2.45, 2.75) is 0 Å². The molecule has 1 aromatic rings. The summed E-state index contributed by atoms with van der Waals surface area (Å²) in [6, 6.07) is 3.19. The first-order chi connectivity index (χ1) is 10.3. The molecule has 1 heterocycles. The fourth-order valence-corrected chi connectivity index (χ4v) is 3.30. The Kier molecular flexibility index (Phi) is 5.15. The van der Waals surface area contributed by atoms with Crippen LogP contribution in [0, 0.1) is 0 Å². The van der Waals surface area contributed by atoms with Crippen LogP contribution in [0.4, 0.5) is 0 Å². The third-order valence-corrected chi connectivity index (χ3v) is 4.38. The Morgan fingerprint density at radius 3 is 2.45 bits per heavy atom. The van der Waals surface area contributed by atoms with Gasteiger partial charge < -0.3 is 5.11 Å². The van der Waals surface area contributed by atoms with Crippen molar-refractivity contribution >= 4 is 67.1 Å². The summed E-state index contributed by atoms with van der Waals surface area (Å²) in [5.74, 6) is -1.01. The van der Waals surface area contributed by atoms with Crippen LogP contribution in [-0.2, 0) is 9.59 Å². The Morgan fingerprint density at radius 2 is 1.91 bits per heavy atom. The number of halogens is 2. The highest BCUT2D eigenvalue weighted by molar-refractivity contribution is 9.11. The molecule has 5 nitrogen and oxygen atoms in total. The van der Waals surface area contributed by atoms with Gasteiger partial charge in [0, 0.05) is 6.54 Å². The van der Waals surface area contributed by atoms with Crippen molar-refractivity contribution in [1.29, 1.82) is 0 Å². The van der Waals surface area contributed by atoms with E-state index in [1.165, 1.54) is 17.1 Å². The van der Waals surface area contributed by atoms with Gasteiger partial charge in [-0.3, -0.25) is 19.8 Å². The molecular formula is C14H10Br2N2O3S. The Morgan fingerprint density at radius 1 is 1.32 bits per heavy atom. The van der Waals surface area contributed by atoms with Gasteiger partial charge in [0.15, 0.2) is 5.11 Å². The van der Waals surface area contributed by atoms with E-state index in [9.17, 15) is 14.7 Å². The van der Waals surface area contributed by atoms with Gasteiger partial charge in [-0.05, 0) is 67.8 Å². The summed E-state index contributed by atoms with van der Waals surface area (Å²) < 4.78 is 0.881. The maximum absolute atomic E-state index is 12.4. The molecule has 0 radical (unpaired) electrons. The first-order valence-corrected chi connectivity index (χ1v) is 8.02. The van der Waals surface area contributed by atoms with Crippen LogP contribution in [0.1, 0.15) is 5.56 Å². The minimum Gasteiger partial charge on any atom is -0.506 e. The van der Waals surface area contributed by atoms with Crippen LogP contribution in [0.3, 0.4) is 0 Å². The van der Waals surface area contributed by atoms with E-state index in [-0.39, 0.29) is 23.0 Å². The lowest BCUT2D eigenvalue weighted by molar-refractivity contribution is -0.128. The predicted molar refractivity (Wildman–Crippen MR) is 94.1 cm³/mol. The second kappa shape index (κ2) is 6.72. The second-order valence-electron chi connectivity index (χ2n) is 4.35. The molecule has 1 aliphatic heterocycles. The molecule has 2 N–H and O–H groups in total. The zero-order valence-electron chi connectivity index (χ0n) is 11.1. The summed E-state index contributed by atoms with van der Waals surface area (Å²) in [5.41, 5.74) is 0.529. The van der Waals surface area contributed by atoms with Crippen molar-refractivity contribution in [3.8, 4) is 5.75 Å². The number of aromatic hydroxyl groups is 1. The molecule has 22 heavy (non-hydrogen) atoms. The zero-order chi connectivity index (χ0) is 16.4. The van der Waals surface area contributed by atoms with Gasteiger partial charge >= 0.3 is 0 Å². The van der Waals surface area contributed by atoms with Gasteiger partial charge in [0.25, 0.3) is 11.8 Å². The lowest BCUT2D eigenvalue weighted by atomic mass is 10.1. The van der Waals surface area contributed by atoms with E-state index < -0.39 is 11.8 Å². The molecule has 0 aliphatic carbocycles. The lowest BCUT2D eigenvalue weighted by Crippen LogP contribution is -2.53. The minimum atomic E-state index is -0.560. The van der Waals surface area contributed by atoms with Crippen LogP contribution < -0.4 is 5.32 Å². The standard InChI is InChI=1S/C14H10Br2N2O3S/c1-2-3-18-13(21)8(12(20)17-14(18)22)4-7-5-9(15)11(19)10(16)6-7/h2,4-6,19H,1,3H2,(H,17,20,22)/b8-4+. The quantitative estimate of drug-likeness (QED) is 0.325. The van der Waals surface area contributed by atoms with Crippen LogP contribution in [-0.4, -0.2) is 33.5 Å². The summed E-state index contributed by atoms with van der Waals surface area (Å²) in [4.78, 5) is 25.6. The largest absolute Gasteiger partial charge is 0.506 e. The van der Waals surface area contributed by atoms with E-state index in [2.05, 4.69) is 43.8 Å². The number of carbonyl (C=O) groups excluding carboxylic acids is 2. The molecular weight excluding hydrogens is 436 g/mol. The minimum absolute atomic E-state index is 0.0380. The molecule has 8 heteroatoms. The van der Waals surface area contributed by atoms with Crippen molar-refractivity contribution in [1.82, 2.24) is 10.2 Å². The van der Waals surface area contributed by atoms with Crippen molar-refractivity contribution in [2.24, 2.45) is 0 Å². The van der Waals surface area contributed by atoms with E-state index in [1.54, 1.807) is 12.1 Å². The number of phenols is 1. The number of amides is 2. The van der Waals surface area contributed by atoms with E-state index in [4.69, 9.17) is 12.2 Å². The number of benzene rings is 1. The van der Waals surface area contributed by atoms with Crippen molar-refractivity contribution in [2.75, 3.05) is 6.54 Å². The van der Waals surface area contributed by atoms with Gasteiger partial charge in [-0.1, -0.05) is 6.08 Å². The predicted octanol–water partition coefficient (Wildman–Crippen LogP) is 2.73. The molecule has 1 saturated heterocycles. The van der Waals surface area contributed by atoms with Crippen LogP contribution >= 0.6 is 44.1 Å². The third-order valence-electron chi connectivity index (χ3n) is 2.85. The van der Waals surface area contributed by atoms with Crippen molar-refractivity contribution in [3.63, 3.8) is 0 Å². The van der Waals surface area contributed by atoms with E-state index in [0.717, 1.165) is 0 Å². The molecule has 1 aliphatic rings. The molecule has 0 atom stereocenters. The highest BCUT2D eigenvalue weighted by Crippen LogP contribution is 2.34. The van der Waals surface area contributed by atoms with Gasteiger partial charge in [0.05, 0.1) is 8.95 Å². The number of nitrogens with zero attached hydrogens (tertiary/aromatic N) is 1. The number of nitrogens with one attached hydrogen (secondary N) is 1. The van der Waals surface area contributed by atoms with Gasteiger partial charge in [-0.15, -0.1) is 6.58 Å². The molecule has 0 aromatic heterocycles. The first-order valence-electron chi connectivity index (χ1n) is 6.03.